The fourth-order valence-electron chi connectivity index (χ4n) is 8.43. The lowest BCUT2D eigenvalue weighted by molar-refractivity contribution is 0.669. The summed E-state index contributed by atoms with van der Waals surface area (Å²) in [5.41, 5.74) is 13.3. The van der Waals surface area contributed by atoms with Gasteiger partial charge >= 0.3 is 0 Å². The van der Waals surface area contributed by atoms with Crippen LogP contribution in [-0.2, 0) is 0 Å². The summed E-state index contributed by atoms with van der Waals surface area (Å²) in [5, 5.41) is 7.07. The number of aromatic nitrogens is 1. The Labute approximate surface area is 318 Å². The van der Waals surface area contributed by atoms with Crippen LogP contribution in [0.3, 0.4) is 0 Å². The van der Waals surface area contributed by atoms with Crippen molar-refractivity contribution in [2.45, 2.75) is 0 Å². The van der Waals surface area contributed by atoms with E-state index in [4.69, 9.17) is 4.42 Å². The van der Waals surface area contributed by atoms with E-state index in [1.54, 1.807) is 0 Å². The van der Waals surface area contributed by atoms with Crippen molar-refractivity contribution in [2.75, 3.05) is 4.90 Å². The summed E-state index contributed by atoms with van der Waals surface area (Å²) in [6.07, 6.45) is 0. The molecule has 0 aliphatic rings. The van der Waals surface area contributed by atoms with Crippen molar-refractivity contribution in [3.05, 3.63) is 206 Å². The predicted octanol–water partition coefficient (Wildman–Crippen LogP) is 14.6. The van der Waals surface area contributed by atoms with Crippen LogP contribution in [0.2, 0.25) is 0 Å². The quantitative estimate of drug-likeness (QED) is 0.172. The van der Waals surface area contributed by atoms with E-state index in [0.29, 0.717) is 0 Å². The molecule has 0 unspecified atom stereocenters. The van der Waals surface area contributed by atoms with E-state index in [1.165, 1.54) is 49.3 Å². The van der Waals surface area contributed by atoms with Gasteiger partial charge < -0.3 is 13.9 Å². The summed E-state index contributed by atoms with van der Waals surface area (Å²) in [4.78, 5) is 2.44. The van der Waals surface area contributed by atoms with Gasteiger partial charge in [-0.15, -0.1) is 0 Å². The SMILES string of the molecule is c1ccc(-c2ccccc2N(c2ccc(-c3ccc4cc5oc6ccccc6c5cc4c3)cc2)c2cccc3c2c2ccccc2n3-c2ccccc2)cc1. The molecule has 0 radical (unpaired) electrons. The second-order valence-electron chi connectivity index (χ2n) is 14.1. The molecule has 2 aromatic heterocycles. The monoisotopic (exact) mass is 702 g/mol. The van der Waals surface area contributed by atoms with Gasteiger partial charge in [0.25, 0.3) is 0 Å². The van der Waals surface area contributed by atoms with Crippen LogP contribution in [0.4, 0.5) is 17.1 Å². The third-order valence-corrected chi connectivity index (χ3v) is 11.0. The Morgan fingerprint density at radius 3 is 1.91 bits per heavy atom. The van der Waals surface area contributed by atoms with Crippen molar-refractivity contribution in [2.24, 2.45) is 0 Å². The van der Waals surface area contributed by atoms with E-state index in [1.807, 2.05) is 12.1 Å². The maximum Gasteiger partial charge on any atom is 0.136 e. The molecule has 2 heterocycles. The molecular weight excluding hydrogens is 669 g/mol. The molecule has 0 aliphatic carbocycles. The lowest BCUT2D eigenvalue weighted by atomic mass is 9.98. The maximum atomic E-state index is 6.19. The average Bonchev–Trinajstić information content (AvgIpc) is 3.79. The molecule has 0 saturated carbocycles. The van der Waals surface area contributed by atoms with Gasteiger partial charge in [-0.1, -0.05) is 133 Å². The molecule has 0 bridgehead atoms. The minimum atomic E-state index is 0.919. The number of benzene rings is 9. The minimum absolute atomic E-state index is 0.919. The lowest BCUT2D eigenvalue weighted by Crippen LogP contribution is -2.11. The zero-order chi connectivity index (χ0) is 36.3. The standard InChI is InChI=1S/C52H34N2O/c1-3-14-36(15-4-1)42-18-7-10-21-46(42)54(49-24-13-23-48-52(49)44-20-8-11-22-47(44)53(48)40-16-5-2-6-17-40)41-30-28-35(29-31-41)37-26-27-38-34-51-45(33-39(38)32-37)43-19-9-12-25-50(43)55-51/h1-34H. The molecular formula is C52H34N2O. The van der Waals surface area contributed by atoms with Gasteiger partial charge in [-0.25, -0.2) is 0 Å². The molecule has 11 rings (SSSR count). The number of hydrogen-bond acceptors (Lipinski definition) is 2. The topological polar surface area (TPSA) is 21.3 Å². The van der Waals surface area contributed by atoms with Crippen LogP contribution in [-0.4, -0.2) is 4.57 Å². The van der Waals surface area contributed by atoms with Gasteiger partial charge in [-0.2, -0.15) is 0 Å². The molecule has 0 saturated heterocycles. The van der Waals surface area contributed by atoms with Gasteiger partial charge in [-0.05, 0) is 100 Å². The zero-order valence-electron chi connectivity index (χ0n) is 29.9. The van der Waals surface area contributed by atoms with Crippen molar-refractivity contribution < 1.29 is 4.42 Å². The van der Waals surface area contributed by atoms with Crippen molar-refractivity contribution in [3.8, 4) is 27.9 Å². The molecule has 0 amide bonds. The molecule has 3 heteroatoms. The van der Waals surface area contributed by atoms with E-state index in [-0.39, 0.29) is 0 Å². The first-order chi connectivity index (χ1) is 27.3. The van der Waals surface area contributed by atoms with E-state index in [9.17, 15) is 0 Å². The van der Waals surface area contributed by atoms with Gasteiger partial charge in [0.05, 0.1) is 22.4 Å². The van der Waals surface area contributed by atoms with Gasteiger partial charge in [0.1, 0.15) is 11.2 Å². The number of nitrogens with zero attached hydrogens (tertiary/aromatic N) is 2. The van der Waals surface area contributed by atoms with Crippen LogP contribution in [0.1, 0.15) is 0 Å². The smallest absolute Gasteiger partial charge is 0.136 e. The Kier molecular flexibility index (Phi) is 7.17. The van der Waals surface area contributed by atoms with Gasteiger partial charge in [-0.3, -0.25) is 0 Å². The first-order valence-electron chi connectivity index (χ1n) is 18.8. The van der Waals surface area contributed by atoms with E-state index in [0.717, 1.165) is 50.3 Å². The Morgan fingerprint density at radius 1 is 0.382 bits per heavy atom. The Bertz CT molecular complexity index is 3190. The van der Waals surface area contributed by atoms with Gasteiger partial charge in [0, 0.05) is 38.5 Å². The predicted molar refractivity (Wildman–Crippen MR) is 231 cm³/mol. The molecule has 0 N–H and O–H groups in total. The lowest BCUT2D eigenvalue weighted by Gasteiger charge is -2.29. The number of anilines is 3. The summed E-state index contributed by atoms with van der Waals surface area (Å²) in [5.74, 6) is 0. The average molecular weight is 703 g/mol. The highest BCUT2D eigenvalue weighted by molar-refractivity contribution is 6.17. The van der Waals surface area contributed by atoms with E-state index >= 15 is 0 Å². The fraction of sp³-hybridized carbons (Fsp3) is 0. The molecule has 258 valence electrons. The summed E-state index contributed by atoms with van der Waals surface area (Å²) in [7, 11) is 0. The molecule has 0 atom stereocenters. The van der Waals surface area contributed by atoms with E-state index in [2.05, 4.69) is 204 Å². The Balaban J connectivity index is 1.10. The number of fused-ring (bicyclic) bond motifs is 7. The number of para-hydroxylation sites is 4. The third-order valence-electron chi connectivity index (χ3n) is 11.0. The highest BCUT2D eigenvalue weighted by Gasteiger charge is 2.23. The van der Waals surface area contributed by atoms with Crippen LogP contribution in [0.5, 0.6) is 0 Å². The van der Waals surface area contributed by atoms with Crippen LogP contribution in [0, 0.1) is 0 Å². The third kappa shape index (κ3) is 5.13. The maximum absolute atomic E-state index is 6.19. The van der Waals surface area contributed by atoms with E-state index < -0.39 is 0 Å². The Morgan fingerprint density at radius 2 is 1.05 bits per heavy atom. The van der Waals surface area contributed by atoms with Crippen LogP contribution < -0.4 is 4.90 Å². The molecule has 0 spiro atoms. The van der Waals surface area contributed by atoms with Crippen molar-refractivity contribution in [3.63, 3.8) is 0 Å². The van der Waals surface area contributed by atoms with Crippen molar-refractivity contribution >= 4 is 71.6 Å². The summed E-state index contributed by atoms with van der Waals surface area (Å²) in [6, 6.07) is 74.1. The van der Waals surface area contributed by atoms with Gasteiger partial charge in [0.2, 0.25) is 0 Å². The number of rotatable bonds is 6. The summed E-state index contributed by atoms with van der Waals surface area (Å²) in [6.45, 7) is 0. The second kappa shape index (κ2) is 12.6. The minimum Gasteiger partial charge on any atom is -0.456 e. The molecule has 11 aromatic rings. The zero-order valence-corrected chi connectivity index (χ0v) is 29.9. The van der Waals surface area contributed by atoms with Crippen LogP contribution in [0.25, 0.3) is 82.5 Å². The number of furan rings is 1. The van der Waals surface area contributed by atoms with Crippen molar-refractivity contribution in [1.82, 2.24) is 4.57 Å². The Hall–Kier alpha value is -7.36. The molecule has 3 nitrogen and oxygen atoms in total. The first-order valence-corrected chi connectivity index (χ1v) is 18.8. The second-order valence-corrected chi connectivity index (χ2v) is 14.1. The summed E-state index contributed by atoms with van der Waals surface area (Å²) >= 11 is 0. The normalized spacial score (nSPS) is 11.6. The van der Waals surface area contributed by atoms with Crippen LogP contribution >= 0.6 is 0 Å². The molecule has 9 aromatic carbocycles. The van der Waals surface area contributed by atoms with Gasteiger partial charge in [0.15, 0.2) is 0 Å². The first kappa shape index (κ1) is 31.2. The summed E-state index contributed by atoms with van der Waals surface area (Å²) < 4.78 is 8.58. The van der Waals surface area contributed by atoms with Crippen molar-refractivity contribution in [1.29, 1.82) is 0 Å². The largest absolute Gasteiger partial charge is 0.456 e. The fourth-order valence-corrected chi connectivity index (χ4v) is 8.43. The molecule has 0 fully saturated rings. The molecule has 0 aliphatic heterocycles. The highest BCUT2D eigenvalue weighted by Crippen LogP contribution is 2.46. The number of hydrogen-bond donors (Lipinski definition) is 0. The highest BCUT2D eigenvalue weighted by atomic mass is 16.3. The van der Waals surface area contributed by atoms with Crippen LogP contribution in [0.15, 0.2) is 211 Å². The molecule has 55 heavy (non-hydrogen) atoms.